The largest absolute Gasteiger partial charge is 0.497 e. The molecule has 0 aliphatic carbocycles. The molecule has 0 amide bonds. The lowest BCUT2D eigenvalue weighted by molar-refractivity contribution is 0.0816. The summed E-state index contributed by atoms with van der Waals surface area (Å²) in [5.41, 5.74) is 2.37. The number of methoxy groups -OCH3 is 5. The van der Waals surface area contributed by atoms with Crippen molar-refractivity contribution in [3.8, 4) is 28.7 Å². The quantitative estimate of drug-likeness (QED) is 0.304. The summed E-state index contributed by atoms with van der Waals surface area (Å²) in [4.78, 5) is 26.1. The van der Waals surface area contributed by atoms with Crippen molar-refractivity contribution in [2.75, 3.05) is 35.5 Å². The summed E-state index contributed by atoms with van der Waals surface area (Å²) in [6, 6.07) is 15.6. The fourth-order valence-corrected chi connectivity index (χ4v) is 3.58. The molecule has 0 saturated heterocycles. The molecule has 0 aliphatic rings. The van der Waals surface area contributed by atoms with Crippen LogP contribution in [-0.2, 0) is 12.8 Å². The second-order valence-electron chi connectivity index (χ2n) is 7.52. The van der Waals surface area contributed by atoms with Gasteiger partial charge in [0, 0.05) is 17.2 Å². The van der Waals surface area contributed by atoms with Crippen molar-refractivity contribution >= 4 is 11.6 Å². The number of hydrogen-bond acceptors (Lipinski definition) is 7. The first-order chi connectivity index (χ1) is 16.4. The van der Waals surface area contributed by atoms with Crippen molar-refractivity contribution in [1.82, 2.24) is 0 Å². The molecule has 7 nitrogen and oxygen atoms in total. The lowest BCUT2D eigenvalue weighted by atomic mass is 9.97. The van der Waals surface area contributed by atoms with E-state index in [1.54, 1.807) is 32.4 Å². The van der Waals surface area contributed by atoms with E-state index in [-0.39, 0.29) is 11.1 Å². The Labute approximate surface area is 199 Å². The topological polar surface area (TPSA) is 80.3 Å². The molecule has 0 spiro atoms. The molecule has 0 aromatic heterocycles. The number of rotatable bonds is 11. The average Bonchev–Trinajstić information content (AvgIpc) is 2.90. The minimum Gasteiger partial charge on any atom is -0.497 e. The maximum atomic E-state index is 13.1. The summed E-state index contributed by atoms with van der Waals surface area (Å²) in [5, 5.41) is 0. The van der Waals surface area contributed by atoms with Crippen molar-refractivity contribution in [2.24, 2.45) is 0 Å². The van der Waals surface area contributed by atoms with Crippen molar-refractivity contribution in [1.29, 1.82) is 0 Å². The third-order valence-electron chi connectivity index (χ3n) is 5.43. The van der Waals surface area contributed by atoms with Gasteiger partial charge < -0.3 is 23.7 Å². The molecule has 3 rings (SSSR count). The zero-order valence-corrected chi connectivity index (χ0v) is 20.0. The number of benzene rings is 3. The Balaban J connectivity index is 1.85. The Morgan fingerprint density at radius 3 is 1.56 bits per heavy atom. The number of carbonyl (C=O) groups is 2. The van der Waals surface area contributed by atoms with Gasteiger partial charge in [0.2, 0.25) is 11.6 Å². The van der Waals surface area contributed by atoms with E-state index in [9.17, 15) is 9.59 Å². The average molecular weight is 465 g/mol. The van der Waals surface area contributed by atoms with E-state index >= 15 is 0 Å². The molecule has 0 saturated carbocycles. The second-order valence-corrected chi connectivity index (χ2v) is 7.52. The van der Waals surface area contributed by atoms with Gasteiger partial charge in [0.1, 0.15) is 17.2 Å². The van der Waals surface area contributed by atoms with Crippen LogP contribution in [0.25, 0.3) is 0 Å². The van der Waals surface area contributed by atoms with Gasteiger partial charge in [-0.2, -0.15) is 0 Å². The number of hydrogen-bond donors (Lipinski definition) is 0. The Morgan fingerprint density at radius 1 is 0.529 bits per heavy atom. The molecule has 0 aliphatic heterocycles. The molecule has 7 heteroatoms. The maximum Gasteiger partial charge on any atom is 0.233 e. The Kier molecular flexibility index (Phi) is 8.14. The van der Waals surface area contributed by atoms with Crippen LogP contribution in [0.5, 0.6) is 28.7 Å². The van der Waals surface area contributed by atoms with E-state index in [0.29, 0.717) is 41.6 Å². The molecule has 178 valence electrons. The van der Waals surface area contributed by atoms with Crippen LogP contribution in [0.15, 0.2) is 54.6 Å². The van der Waals surface area contributed by atoms with Crippen molar-refractivity contribution < 1.29 is 33.3 Å². The molecule has 3 aromatic carbocycles. The van der Waals surface area contributed by atoms with E-state index < -0.39 is 11.6 Å². The lowest BCUT2D eigenvalue weighted by Gasteiger charge is -2.11. The smallest absolute Gasteiger partial charge is 0.233 e. The van der Waals surface area contributed by atoms with Crippen LogP contribution in [0, 0.1) is 0 Å². The van der Waals surface area contributed by atoms with Crippen molar-refractivity contribution in [3.63, 3.8) is 0 Å². The summed E-state index contributed by atoms with van der Waals surface area (Å²) in [7, 11) is 7.68. The molecule has 0 N–H and O–H groups in total. The number of aryl methyl sites for hydroxylation is 2. The van der Waals surface area contributed by atoms with Gasteiger partial charge in [0.25, 0.3) is 0 Å². The molecule has 0 unspecified atom stereocenters. The molecule has 3 aromatic rings. The minimum atomic E-state index is -0.656. The number of carbonyl (C=O) groups excluding carboxylic acids is 2. The highest BCUT2D eigenvalue weighted by Gasteiger charge is 2.21. The van der Waals surface area contributed by atoms with E-state index in [1.165, 1.54) is 33.5 Å². The summed E-state index contributed by atoms with van der Waals surface area (Å²) in [5.74, 6) is 1.38. The van der Waals surface area contributed by atoms with Gasteiger partial charge in [-0.1, -0.05) is 6.07 Å². The van der Waals surface area contributed by atoms with Crippen molar-refractivity contribution in [2.45, 2.75) is 12.8 Å². The first-order valence-electron chi connectivity index (χ1n) is 10.6. The van der Waals surface area contributed by atoms with Crippen LogP contribution >= 0.6 is 0 Å². The van der Waals surface area contributed by atoms with E-state index in [1.807, 2.05) is 24.3 Å². The summed E-state index contributed by atoms with van der Waals surface area (Å²) in [6.07, 6.45) is 1.33. The van der Waals surface area contributed by atoms with Crippen LogP contribution in [0.4, 0.5) is 0 Å². The normalized spacial score (nSPS) is 10.4. The third kappa shape index (κ3) is 5.67. The van der Waals surface area contributed by atoms with Crippen LogP contribution in [-0.4, -0.2) is 47.1 Å². The Bertz CT molecular complexity index is 1160. The molecule has 0 bridgehead atoms. The molecule has 0 heterocycles. The number of ether oxygens (including phenoxy) is 5. The molecular formula is C27H28O7. The number of ketones is 2. The fourth-order valence-electron chi connectivity index (χ4n) is 3.58. The molecule has 0 radical (unpaired) electrons. The minimum absolute atomic E-state index is 0.191. The van der Waals surface area contributed by atoms with Gasteiger partial charge in [0.15, 0.2) is 11.5 Å². The van der Waals surface area contributed by atoms with E-state index in [0.717, 1.165) is 11.1 Å². The Morgan fingerprint density at radius 2 is 1.03 bits per heavy atom. The first-order valence-corrected chi connectivity index (χ1v) is 10.6. The summed E-state index contributed by atoms with van der Waals surface area (Å²) >= 11 is 0. The van der Waals surface area contributed by atoms with Gasteiger partial charge in [-0.25, -0.2) is 0 Å². The monoisotopic (exact) mass is 464 g/mol. The molecule has 0 atom stereocenters. The summed E-state index contributed by atoms with van der Waals surface area (Å²) < 4.78 is 26.5. The van der Waals surface area contributed by atoms with Crippen LogP contribution in [0.2, 0.25) is 0 Å². The predicted molar refractivity (Wildman–Crippen MR) is 128 cm³/mol. The number of Topliss-reactive ketones (excluding diaryl/α,β-unsaturated/α-hetero) is 2. The fraction of sp³-hybridized carbons (Fsp3) is 0.259. The highest BCUT2D eigenvalue weighted by Crippen LogP contribution is 2.29. The van der Waals surface area contributed by atoms with Crippen LogP contribution in [0.3, 0.4) is 0 Å². The van der Waals surface area contributed by atoms with E-state index in [4.69, 9.17) is 23.7 Å². The van der Waals surface area contributed by atoms with Crippen LogP contribution < -0.4 is 23.7 Å². The highest BCUT2D eigenvalue weighted by molar-refractivity contribution is 6.49. The Hall–Kier alpha value is -4.00. The molecule has 34 heavy (non-hydrogen) atoms. The standard InChI is InChI=1S/C27H28O7/c1-30-21-11-18(7-6-17-8-9-24(33-4)25(12-17)34-5)10-19(13-21)26(28)27(29)20-14-22(31-2)16-23(15-20)32-3/h8-16H,6-7H2,1-5H3. The van der Waals surface area contributed by atoms with Gasteiger partial charge in [-0.3, -0.25) is 9.59 Å². The lowest BCUT2D eigenvalue weighted by Crippen LogP contribution is -2.15. The third-order valence-corrected chi connectivity index (χ3v) is 5.43. The SMILES string of the molecule is COc1cc(CCc2ccc(OC)c(OC)c2)cc(C(=O)C(=O)c2cc(OC)cc(OC)c2)c1. The second kappa shape index (κ2) is 11.2. The van der Waals surface area contributed by atoms with Gasteiger partial charge in [-0.15, -0.1) is 0 Å². The zero-order chi connectivity index (χ0) is 24.7. The summed E-state index contributed by atoms with van der Waals surface area (Å²) in [6.45, 7) is 0. The van der Waals surface area contributed by atoms with Gasteiger partial charge in [-0.05, 0) is 66.4 Å². The molecule has 0 fully saturated rings. The maximum absolute atomic E-state index is 13.1. The highest BCUT2D eigenvalue weighted by atomic mass is 16.5. The van der Waals surface area contributed by atoms with Crippen molar-refractivity contribution in [3.05, 3.63) is 76.9 Å². The van der Waals surface area contributed by atoms with Gasteiger partial charge in [0.05, 0.1) is 35.5 Å². The first kappa shape index (κ1) is 24.6. The van der Waals surface area contributed by atoms with E-state index in [2.05, 4.69) is 0 Å². The zero-order valence-electron chi connectivity index (χ0n) is 20.0. The molecular weight excluding hydrogens is 436 g/mol. The predicted octanol–water partition coefficient (Wildman–Crippen LogP) is 4.58. The van der Waals surface area contributed by atoms with Gasteiger partial charge >= 0.3 is 0 Å². The van der Waals surface area contributed by atoms with Crippen LogP contribution in [0.1, 0.15) is 31.8 Å².